The van der Waals surface area contributed by atoms with Crippen molar-refractivity contribution in [2.45, 2.75) is 51.6 Å². The molecule has 0 unspecified atom stereocenters. The molecule has 0 fully saturated rings. The van der Waals surface area contributed by atoms with Gasteiger partial charge in [0.2, 0.25) is 0 Å². The first kappa shape index (κ1) is 18.4. The minimum atomic E-state index is 0.783. The second-order valence-corrected chi connectivity index (χ2v) is 6.95. The molecule has 0 spiro atoms. The van der Waals surface area contributed by atoms with Crippen LogP contribution in [0.5, 0.6) is 0 Å². The largest absolute Gasteiger partial charge is 0.356 e. The van der Waals surface area contributed by atoms with Crippen LogP contribution in [0.2, 0.25) is 0 Å². The molecule has 0 saturated heterocycles. The van der Waals surface area contributed by atoms with E-state index in [0.29, 0.717) is 0 Å². The van der Waals surface area contributed by atoms with E-state index in [1.807, 2.05) is 38.2 Å². The minimum absolute atomic E-state index is 0.783. The maximum absolute atomic E-state index is 4.40. The van der Waals surface area contributed by atoms with Crippen molar-refractivity contribution in [3.63, 3.8) is 0 Å². The molecule has 1 aliphatic heterocycles. The fourth-order valence-corrected chi connectivity index (χ4v) is 3.46. The summed E-state index contributed by atoms with van der Waals surface area (Å²) in [5.74, 6) is 3.19. The summed E-state index contributed by atoms with van der Waals surface area (Å²) in [4.78, 5) is 6.49. The number of guanidine groups is 1. The molecule has 2 aromatic heterocycles. The van der Waals surface area contributed by atoms with Gasteiger partial charge in [-0.2, -0.15) is 5.10 Å². The van der Waals surface area contributed by atoms with Crippen LogP contribution in [0, 0.1) is 0 Å². The first-order valence-electron chi connectivity index (χ1n) is 9.47. The highest BCUT2D eigenvalue weighted by Gasteiger charge is 2.14. The van der Waals surface area contributed by atoms with E-state index in [9.17, 15) is 0 Å². The van der Waals surface area contributed by atoms with Crippen molar-refractivity contribution in [1.82, 2.24) is 34.8 Å². The smallest absolute Gasteiger partial charge is 0.193 e. The van der Waals surface area contributed by atoms with Gasteiger partial charge in [-0.05, 0) is 19.3 Å². The average molecular weight is 358 g/mol. The molecule has 1 aliphatic rings. The zero-order valence-corrected chi connectivity index (χ0v) is 16.1. The molecule has 8 nitrogen and oxygen atoms in total. The van der Waals surface area contributed by atoms with Crippen LogP contribution in [-0.4, -0.2) is 56.0 Å². The van der Waals surface area contributed by atoms with Crippen LogP contribution in [0.1, 0.15) is 42.9 Å². The topological polar surface area (TPSA) is 76.2 Å². The Labute approximate surface area is 155 Å². The lowest BCUT2D eigenvalue weighted by molar-refractivity contribution is 0.475. The SMILES string of the molecule is CN=C(NCCCc1nnc2n1CCCCC2)N(C)Cc1cnn(C)c1. The summed E-state index contributed by atoms with van der Waals surface area (Å²) in [5, 5.41) is 16.4. The predicted octanol–water partition coefficient (Wildman–Crippen LogP) is 1.38. The van der Waals surface area contributed by atoms with Gasteiger partial charge in [0.25, 0.3) is 0 Å². The second kappa shape index (κ2) is 8.82. The zero-order chi connectivity index (χ0) is 18.4. The van der Waals surface area contributed by atoms with Crippen molar-refractivity contribution in [3.8, 4) is 0 Å². The fourth-order valence-electron chi connectivity index (χ4n) is 3.46. The van der Waals surface area contributed by atoms with E-state index < -0.39 is 0 Å². The first-order valence-corrected chi connectivity index (χ1v) is 9.47. The normalized spacial score (nSPS) is 14.8. The Morgan fingerprint density at radius 2 is 2.19 bits per heavy atom. The molecule has 8 heteroatoms. The van der Waals surface area contributed by atoms with Gasteiger partial charge in [0.05, 0.1) is 6.20 Å². The predicted molar refractivity (Wildman–Crippen MR) is 102 cm³/mol. The highest BCUT2D eigenvalue weighted by atomic mass is 15.3. The Morgan fingerprint density at radius 3 is 2.96 bits per heavy atom. The quantitative estimate of drug-likeness (QED) is 0.480. The van der Waals surface area contributed by atoms with Gasteiger partial charge < -0.3 is 14.8 Å². The van der Waals surface area contributed by atoms with E-state index in [1.54, 1.807) is 0 Å². The molecular weight excluding hydrogens is 328 g/mol. The molecule has 0 amide bonds. The Morgan fingerprint density at radius 1 is 1.31 bits per heavy atom. The Kier molecular flexibility index (Phi) is 6.25. The molecule has 142 valence electrons. The molecule has 2 aromatic rings. The van der Waals surface area contributed by atoms with Crippen LogP contribution in [-0.2, 0) is 33.0 Å². The van der Waals surface area contributed by atoms with Crippen LogP contribution >= 0.6 is 0 Å². The lowest BCUT2D eigenvalue weighted by Gasteiger charge is -2.21. The molecule has 0 atom stereocenters. The average Bonchev–Trinajstić information content (AvgIpc) is 3.12. The third kappa shape index (κ3) is 4.62. The van der Waals surface area contributed by atoms with Gasteiger partial charge in [-0.15, -0.1) is 10.2 Å². The van der Waals surface area contributed by atoms with Gasteiger partial charge in [-0.1, -0.05) is 6.42 Å². The standard InChI is InChI=1S/C18H30N8/c1-19-18(24(2)13-15-12-21-25(3)14-15)20-10-7-9-17-23-22-16-8-5-4-6-11-26(16)17/h12,14H,4-11,13H2,1-3H3,(H,19,20). The van der Waals surface area contributed by atoms with Crippen molar-refractivity contribution in [2.24, 2.45) is 12.0 Å². The maximum Gasteiger partial charge on any atom is 0.193 e. The highest BCUT2D eigenvalue weighted by Crippen LogP contribution is 2.15. The van der Waals surface area contributed by atoms with Gasteiger partial charge in [-0.3, -0.25) is 9.67 Å². The summed E-state index contributed by atoms with van der Waals surface area (Å²) in [6, 6.07) is 0. The summed E-state index contributed by atoms with van der Waals surface area (Å²) >= 11 is 0. The van der Waals surface area contributed by atoms with Crippen LogP contribution in [0.25, 0.3) is 0 Å². The van der Waals surface area contributed by atoms with Crippen molar-refractivity contribution in [2.75, 3.05) is 20.6 Å². The fraction of sp³-hybridized carbons (Fsp3) is 0.667. The number of aromatic nitrogens is 5. The number of fused-ring (bicyclic) bond motifs is 1. The van der Waals surface area contributed by atoms with Crippen LogP contribution in [0.15, 0.2) is 17.4 Å². The van der Waals surface area contributed by atoms with Crippen molar-refractivity contribution in [1.29, 1.82) is 0 Å². The van der Waals surface area contributed by atoms with Crippen molar-refractivity contribution < 1.29 is 0 Å². The van der Waals surface area contributed by atoms with Crippen molar-refractivity contribution in [3.05, 3.63) is 29.6 Å². The lowest BCUT2D eigenvalue weighted by Crippen LogP contribution is -2.39. The molecule has 0 bridgehead atoms. The number of rotatable bonds is 6. The van der Waals surface area contributed by atoms with Gasteiger partial charge in [-0.25, -0.2) is 0 Å². The summed E-state index contributed by atoms with van der Waals surface area (Å²) < 4.78 is 4.15. The Balaban J connectivity index is 1.45. The minimum Gasteiger partial charge on any atom is -0.356 e. The van der Waals surface area contributed by atoms with E-state index in [1.165, 1.54) is 24.8 Å². The van der Waals surface area contributed by atoms with Crippen LogP contribution in [0.4, 0.5) is 0 Å². The first-order chi connectivity index (χ1) is 12.7. The lowest BCUT2D eigenvalue weighted by atomic mass is 10.2. The molecule has 0 aliphatic carbocycles. The molecular formula is C18H30N8. The van der Waals surface area contributed by atoms with E-state index in [0.717, 1.165) is 56.5 Å². The van der Waals surface area contributed by atoms with Gasteiger partial charge in [0.15, 0.2) is 5.96 Å². The van der Waals surface area contributed by atoms with E-state index in [2.05, 4.69) is 35.1 Å². The van der Waals surface area contributed by atoms with Crippen molar-refractivity contribution >= 4 is 5.96 Å². The van der Waals surface area contributed by atoms with Gasteiger partial charge in [0.1, 0.15) is 11.6 Å². The van der Waals surface area contributed by atoms with E-state index in [4.69, 9.17) is 0 Å². The number of nitrogens with zero attached hydrogens (tertiary/aromatic N) is 7. The van der Waals surface area contributed by atoms with Crippen LogP contribution in [0.3, 0.4) is 0 Å². The number of aliphatic imine (C=N–C) groups is 1. The molecule has 3 rings (SSSR count). The van der Waals surface area contributed by atoms with Gasteiger partial charge >= 0.3 is 0 Å². The van der Waals surface area contributed by atoms with E-state index >= 15 is 0 Å². The summed E-state index contributed by atoms with van der Waals surface area (Å²) in [6.45, 7) is 2.72. The summed E-state index contributed by atoms with van der Waals surface area (Å²) in [5.41, 5.74) is 1.17. The molecule has 0 radical (unpaired) electrons. The highest BCUT2D eigenvalue weighted by molar-refractivity contribution is 5.79. The third-order valence-corrected chi connectivity index (χ3v) is 4.80. The number of nitrogens with one attached hydrogen (secondary N) is 1. The summed E-state index contributed by atoms with van der Waals surface area (Å²) in [6.07, 6.45) is 10.7. The molecule has 1 N–H and O–H groups in total. The van der Waals surface area contributed by atoms with Gasteiger partial charge in [0, 0.05) is 65.4 Å². The summed E-state index contributed by atoms with van der Waals surface area (Å²) in [7, 11) is 5.79. The molecule has 0 saturated carbocycles. The Hall–Kier alpha value is -2.38. The van der Waals surface area contributed by atoms with Crippen LogP contribution < -0.4 is 5.32 Å². The molecule has 0 aromatic carbocycles. The zero-order valence-electron chi connectivity index (χ0n) is 16.1. The number of hydrogen-bond donors (Lipinski definition) is 1. The second-order valence-electron chi connectivity index (χ2n) is 6.95. The van der Waals surface area contributed by atoms with E-state index in [-0.39, 0.29) is 0 Å². The maximum atomic E-state index is 4.40. The Bertz CT molecular complexity index is 729. The number of hydrogen-bond acceptors (Lipinski definition) is 4. The monoisotopic (exact) mass is 358 g/mol. The molecule has 26 heavy (non-hydrogen) atoms. The third-order valence-electron chi connectivity index (χ3n) is 4.80. The number of aryl methyl sites for hydroxylation is 3. The molecule has 3 heterocycles.